The van der Waals surface area contributed by atoms with E-state index in [4.69, 9.17) is 9.26 Å². The van der Waals surface area contributed by atoms with E-state index in [1.807, 2.05) is 11.1 Å². The molecule has 1 amide bonds. The third kappa shape index (κ3) is 3.85. The summed E-state index contributed by atoms with van der Waals surface area (Å²) >= 11 is 0. The molecule has 2 aromatic rings. The Balaban J connectivity index is 1.46. The van der Waals surface area contributed by atoms with Crippen molar-refractivity contribution in [3.63, 3.8) is 0 Å². The average Bonchev–Trinajstić information content (AvgIpc) is 3.09. The van der Waals surface area contributed by atoms with Gasteiger partial charge >= 0.3 is 0 Å². The van der Waals surface area contributed by atoms with Crippen LogP contribution in [0.3, 0.4) is 0 Å². The predicted molar refractivity (Wildman–Crippen MR) is 82.0 cm³/mol. The van der Waals surface area contributed by atoms with Gasteiger partial charge in [-0.2, -0.15) is 0 Å². The van der Waals surface area contributed by atoms with Crippen molar-refractivity contribution in [1.82, 2.24) is 20.0 Å². The lowest BCUT2D eigenvalue weighted by Gasteiger charge is -2.31. The van der Waals surface area contributed by atoms with Gasteiger partial charge in [0.1, 0.15) is 5.76 Å². The van der Waals surface area contributed by atoms with E-state index in [1.165, 1.54) is 7.11 Å². The van der Waals surface area contributed by atoms with Crippen molar-refractivity contribution >= 4 is 5.91 Å². The Hall–Kier alpha value is -2.44. The summed E-state index contributed by atoms with van der Waals surface area (Å²) in [4.78, 5) is 22.7. The highest BCUT2D eigenvalue weighted by Crippen LogP contribution is 2.26. The fourth-order valence-corrected chi connectivity index (χ4v) is 2.84. The molecule has 2 aromatic heterocycles. The van der Waals surface area contributed by atoms with Crippen molar-refractivity contribution in [2.24, 2.45) is 0 Å². The Morgan fingerprint density at radius 3 is 2.87 bits per heavy atom. The lowest BCUT2D eigenvalue weighted by Crippen LogP contribution is -2.38. The summed E-state index contributed by atoms with van der Waals surface area (Å²) < 4.78 is 10.1. The Bertz CT molecular complexity index is 636. The number of methoxy groups -OCH3 is 1. The normalized spacial score (nSPS) is 15.6. The molecule has 7 heteroatoms. The van der Waals surface area contributed by atoms with E-state index in [-0.39, 0.29) is 5.91 Å². The quantitative estimate of drug-likeness (QED) is 0.837. The van der Waals surface area contributed by atoms with Crippen molar-refractivity contribution in [2.75, 3.05) is 20.2 Å². The minimum absolute atomic E-state index is 0.151. The monoisotopic (exact) mass is 316 g/mol. The average molecular weight is 316 g/mol. The highest BCUT2D eigenvalue weighted by molar-refractivity contribution is 5.76. The smallest absolute Gasteiger partial charge is 0.254 e. The van der Waals surface area contributed by atoms with Crippen LogP contribution < -0.4 is 4.74 Å². The molecular weight excluding hydrogens is 296 g/mol. The van der Waals surface area contributed by atoms with Crippen LogP contribution in [0.15, 0.2) is 29.2 Å². The predicted octanol–water partition coefficient (Wildman–Crippen LogP) is 1.81. The van der Waals surface area contributed by atoms with Gasteiger partial charge in [-0.1, -0.05) is 0 Å². The number of carbonyl (C=O) groups is 1. The fraction of sp³-hybridized carbons (Fsp3) is 0.500. The molecule has 0 aliphatic carbocycles. The van der Waals surface area contributed by atoms with Gasteiger partial charge in [0.2, 0.25) is 5.91 Å². The van der Waals surface area contributed by atoms with E-state index < -0.39 is 0 Å². The molecule has 1 saturated heterocycles. The molecule has 0 spiro atoms. The highest BCUT2D eigenvalue weighted by Gasteiger charge is 2.24. The maximum Gasteiger partial charge on any atom is 0.254 e. The topological polar surface area (TPSA) is 81.4 Å². The second-order valence-corrected chi connectivity index (χ2v) is 5.62. The molecule has 23 heavy (non-hydrogen) atoms. The fourth-order valence-electron chi connectivity index (χ4n) is 2.84. The van der Waals surface area contributed by atoms with Gasteiger partial charge in [0, 0.05) is 56.5 Å². The Morgan fingerprint density at radius 1 is 1.39 bits per heavy atom. The van der Waals surface area contributed by atoms with Gasteiger partial charge in [-0.15, -0.1) is 0 Å². The van der Waals surface area contributed by atoms with Crippen LogP contribution in [-0.2, 0) is 11.2 Å². The van der Waals surface area contributed by atoms with Crippen LogP contribution in [0, 0.1) is 0 Å². The van der Waals surface area contributed by atoms with E-state index in [1.54, 1.807) is 18.5 Å². The molecule has 0 unspecified atom stereocenters. The van der Waals surface area contributed by atoms with Crippen LogP contribution in [0.4, 0.5) is 0 Å². The summed E-state index contributed by atoms with van der Waals surface area (Å²) in [5.74, 6) is 1.66. The first-order chi connectivity index (χ1) is 11.3. The number of carbonyl (C=O) groups excluding carboxylic acids is 1. The van der Waals surface area contributed by atoms with Crippen LogP contribution >= 0.6 is 0 Å². The van der Waals surface area contributed by atoms with Crippen LogP contribution in [-0.4, -0.2) is 46.1 Å². The van der Waals surface area contributed by atoms with Crippen LogP contribution in [0.25, 0.3) is 0 Å². The van der Waals surface area contributed by atoms with Gasteiger partial charge in [-0.05, 0) is 18.0 Å². The number of ether oxygens (including phenoxy) is 1. The first kappa shape index (κ1) is 15.5. The molecule has 1 fully saturated rings. The number of likely N-dealkylation sites (tertiary alicyclic amines) is 1. The molecule has 0 saturated carbocycles. The lowest BCUT2D eigenvalue weighted by atomic mass is 9.93. The van der Waals surface area contributed by atoms with Crippen molar-refractivity contribution in [2.45, 2.75) is 31.6 Å². The largest absolute Gasteiger partial charge is 0.479 e. The summed E-state index contributed by atoms with van der Waals surface area (Å²) in [6.45, 7) is 1.53. The Morgan fingerprint density at radius 2 is 2.22 bits per heavy atom. The second-order valence-electron chi connectivity index (χ2n) is 5.62. The number of rotatable bonds is 5. The van der Waals surface area contributed by atoms with E-state index in [2.05, 4.69) is 15.1 Å². The SMILES string of the molecule is COc1cc(CCC(=O)N2CCC(c3cnccn3)CC2)on1. The van der Waals surface area contributed by atoms with E-state index >= 15 is 0 Å². The van der Waals surface area contributed by atoms with Crippen molar-refractivity contribution in [3.05, 3.63) is 36.1 Å². The summed E-state index contributed by atoms with van der Waals surface area (Å²) in [6, 6.07) is 1.72. The third-order valence-corrected chi connectivity index (χ3v) is 4.18. The van der Waals surface area contributed by atoms with E-state index in [0.29, 0.717) is 30.4 Å². The molecule has 0 radical (unpaired) electrons. The Labute approximate surface area is 134 Å². The molecule has 0 atom stereocenters. The summed E-state index contributed by atoms with van der Waals surface area (Å²) in [5, 5.41) is 3.73. The zero-order valence-electron chi connectivity index (χ0n) is 13.1. The van der Waals surface area contributed by atoms with Gasteiger partial charge < -0.3 is 14.2 Å². The zero-order chi connectivity index (χ0) is 16.1. The number of piperidine rings is 1. The molecule has 0 aromatic carbocycles. The second kappa shape index (κ2) is 7.21. The molecule has 3 heterocycles. The van der Waals surface area contributed by atoms with E-state index in [9.17, 15) is 4.79 Å². The molecule has 7 nitrogen and oxygen atoms in total. The minimum Gasteiger partial charge on any atom is -0.479 e. The number of amides is 1. The molecule has 0 N–H and O–H groups in total. The summed E-state index contributed by atoms with van der Waals surface area (Å²) in [5.41, 5.74) is 1.02. The van der Waals surface area contributed by atoms with Gasteiger partial charge in [-0.25, -0.2) is 0 Å². The van der Waals surface area contributed by atoms with Crippen molar-refractivity contribution in [3.8, 4) is 5.88 Å². The maximum absolute atomic E-state index is 12.3. The number of aryl methyl sites for hydroxylation is 1. The van der Waals surface area contributed by atoms with Crippen LogP contribution in [0.1, 0.15) is 36.6 Å². The van der Waals surface area contributed by atoms with Gasteiger partial charge in [0.05, 0.1) is 12.8 Å². The number of hydrogen-bond acceptors (Lipinski definition) is 6. The van der Waals surface area contributed by atoms with Gasteiger partial charge in [0.25, 0.3) is 5.88 Å². The lowest BCUT2D eigenvalue weighted by molar-refractivity contribution is -0.132. The standard InChI is InChI=1S/C16H20N4O3/c1-22-15-10-13(23-19-15)2-3-16(21)20-8-4-12(5-9-20)14-11-17-6-7-18-14/h6-7,10-12H,2-5,8-9H2,1H3. The first-order valence-corrected chi connectivity index (χ1v) is 7.79. The molecular formula is C16H20N4O3. The zero-order valence-corrected chi connectivity index (χ0v) is 13.1. The molecule has 122 valence electrons. The summed E-state index contributed by atoms with van der Waals surface area (Å²) in [6.07, 6.45) is 8.05. The van der Waals surface area contributed by atoms with Crippen molar-refractivity contribution < 1.29 is 14.1 Å². The van der Waals surface area contributed by atoms with Gasteiger partial charge in [0.15, 0.2) is 0 Å². The minimum atomic E-state index is 0.151. The maximum atomic E-state index is 12.3. The number of aromatic nitrogens is 3. The van der Waals surface area contributed by atoms with Gasteiger partial charge in [-0.3, -0.25) is 14.8 Å². The number of hydrogen-bond donors (Lipinski definition) is 0. The molecule has 1 aliphatic rings. The molecule has 3 rings (SSSR count). The third-order valence-electron chi connectivity index (χ3n) is 4.18. The van der Waals surface area contributed by atoms with E-state index in [0.717, 1.165) is 31.6 Å². The van der Waals surface area contributed by atoms with Crippen molar-refractivity contribution in [1.29, 1.82) is 0 Å². The molecule has 0 bridgehead atoms. The highest BCUT2D eigenvalue weighted by atomic mass is 16.5. The van der Waals surface area contributed by atoms with Crippen LogP contribution in [0.2, 0.25) is 0 Å². The Kier molecular flexibility index (Phi) is 4.85. The number of nitrogens with zero attached hydrogens (tertiary/aromatic N) is 4. The summed E-state index contributed by atoms with van der Waals surface area (Å²) in [7, 11) is 1.54. The first-order valence-electron chi connectivity index (χ1n) is 7.79. The van der Waals surface area contributed by atoms with Crippen LogP contribution in [0.5, 0.6) is 5.88 Å². The molecule has 1 aliphatic heterocycles.